The van der Waals surface area contributed by atoms with Gasteiger partial charge in [-0.1, -0.05) is 38.1 Å². The standard InChI is InChI=1S/C25H26N2O3/c1-14(2)23(28)21-22(19-13-26(5)20-9-7-6-8-18(19)20)27(25(30)24(21)29)17-11-15(3)10-16(4)12-17/h6-14,22,29H,1-5H3. The lowest BCUT2D eigenvalue weighted by Gasteiger charge is -2.27. The summed E-state index contributed by atoms with van der Waals surface area (Å²) in [5.41, 5.74) is 4.70. The third-order valence-corrected chi connectivity index (χ3v) is 5.70. The second-order valence-electron chi connectivity index (χ2n) is 8.42. The molecule has 3 aromatic rings. The van der Waals surface area contributed by atoms with E-state index >= 15 is 0 Å². The molecule has 1 aromatic heterocycles. The number of anilines is 1. The van der Waals surface area contributed by atoms with Gasteiger partial charge in [0.1, 0.15) is 0 Å². The lowest BCUT2D eigenvalue weighted by molar-refractivity contribution is -0.119. The Labute approximate surface area is 176 Å². The van der Waals surface area contributed by atoms with Gasteiger partial charge in [0.05, 0.1) is 11.6 Å². The first-order valence-corrected chi connectivity index (χ1v) is 10.1. The van der Waals surface area contributed by atoms with Gasteiger partial charge < -0.3 is 9.67 Å². The molecule has 0 radical (unpaired) electrons. The van der Waals surface area contributed by atoms with E-state index in [1.54, 1.807) is 18.7 Å². The highest BCUT2D eigenvalue weighted by Crippen LogP contribution is 2.44. The third-order valence-electron chi connectivity index (χ3n) is 5.70. The Bertz CT molecular complexity index is 1200. The van der Waals surface area contributed by atoms with E-state index in [0.717, 1.165) is 27.6 Å². The first kappa shape index (κ1) is 20.0. The van der Waals surface area contributed by atoms with Crippen molar-refractivity contribution in [1.29, 1.82) is 0 Å². The highest BCUT2D eigenvalue weighted by molar-refractivity contribution is 6.17. The average molecular weight is 402 g/mol. The smallest absolute Gasteiger partial charge is 0.294 e. The second kappa shape index (κ2) is 7.17. The SMILES string of the molecule is Cc1cc(C)cc(N2C(=O)C(O)=C(C(=O)C(C)C)C2c2cn(C)c3ccccc23)c1. The fourth-order valence-electron chi connectivity index (χ4n) is 4.41. The molecule has 1 aliphatic heterocycles. The van der Waals surface area contributed by atoms with Gasteiger partial charge in [-0.2, -0.15) is 0 Å². The van der Waals surface area contributed by atoms with Crippen LogP contribution in [-0.2, 0) is 16.6 Å². The molecule has 0 saturated carbocycles. The lowest BCUT2D eigenvalue weighted by Crippen LogP contribution is -2.31. The first-order valence-electron chi connectivity index (χ1n) is 10.1. The number of amides is 1. The number of aromatic nitrogens is 1. The predicted molar refractivity (Wildman–Crippen MR) is 119 cm³/mol. The largest absolute Gasteiger partial charge is 0.503 e. The number of aliphatic hydroxyl groups is 1. The number of aliphatic hydroxyl groups excluding tert-OH is 1. The molecule has 1 atom stereocenters. The summed E-state index contributed by atoms with van der Waals surface area (Å²) in [5, 5.41) is 11.8. The fourth-order valence-corrected chi connectivity index (χ4v) is 4.41. The number of Topliss-reactive ketones (excluding diaryl/α,β-unsaturated/α-hetero) is 1. The molecule has 0 aliphatic carbocycles. The van der Waals surface area contributed by atoms with Gasteiger partial charge >= 0.3 is 0 Å². The van der Waals surface area contributed by atoms with Crippen molar-refractivity contribution >= 4 is 28.3 Å². The second-order valence-corrected chi connectivity index (χ2v) is 8.42. The van der Waals surface area contributed by atoms with Crippen LogP contribution in [0.15, 0.2) is 60.0 Å². The van der Waals surface area contributed by atoms with E-state index in [1.165, 1.54) is 0 Å². The van der Waals surface area contributed by atoms with Crippen LogP contribution in [0.5, 0.6) is 0 Å². The van der Waals surface area contributed by atoms with Crippen molar-refractivity contribution in [3.8, 4) is 0 Å². The van der Waals surface area contributed by atoms with Crippen molar-refractivity contribution in [2.24, 2.45) is 13.0 Å². The molecule has 0 fully saturated rings. The summed E-state index contributed by atoms with van der Waals surface area (Å²) in [4.78, 5) is 27.9. The van der Waals surface area contributed by atoms with E-state index in [4.69, 9.17) is 0 Å². The summed E-state index contributed by atoms with van der Waals surface area (Å²) in [6.07, 6.45) is 1.95. The highest BCUT2D eigenvalue weighted by Gasteiger charge is 2.45. The number of fused-ring (bicyclic) bond motifs is 1. The molecule has 5 nitrogen and oxygen atoms in total. The van der Waals surface area contributed by atoms with Gasteiger partial charge in [-0.3, -0.25) is 14.5 Å². The number of hydrogen-bond donors (Lipinski definition) is 1. The van der Waals surface area contributed by atoms with Gasteiger partial charge in [-0.05, 0) is 43.2 Å². The number of ketones is 1. The topological polar surface area (TPSA) is 62.5 Å². The molecule has 4 rings (SSSR count). The Hall–Kier alpha value is -3.34. The van der Waals surface area contributed by atoms with E-state index in [9.17, 15) is 14.7 Å². The van der Waals surface area contributed by atoms with E-state index in [-0.39, 0.29) is 17.3 Å². The lowest BCUT2D eigenvalue weighted by atomic mass is 9.91. The molecule has 0 spiro atoms. The van der Waals surface area contributed by atoms with Crippen LogP contribution in [0, 0.1) is 19.8 Å². The minimum Gasteiger partial charge on any atom is -0.503 e. The fraction of sp³-hybridized carbons (Fsp3) is 0.280. The zero-order valence-electron chi connectivity index (χ0n) is 17.9. The average Bonchev–Trinajstić information content (AvgIpc) is 3.15. The van der Waals surface area contributed by atoms with Crippen LogP contribution in [0.2, 0.25) is 0 Å². The van der Waals surface area contributed by atoms with Gasteiger partial charge in [-0.15, -0.1) is 0 Å². The first-order chi connectivity index (χ1) is 14.2. The maximum Gasteiger partial charge on any atom is 0.294 e. The number of aryl methyl sites for hydroxylation is 3. The number of carbonyl (C=O) groups is 2. The molecule has 2 heterocycles. The van der Waals surface area contributed by atoms with Crippen LogP contribution in [0.3, 0.4) is 0 Å². The minimum absolute atomic E-state index is 0.172. The molecule has 0 bridgehead atoms. The van der Waals surface area contributed by atoms with Crippen molar-refractivity contribution in [3.05, 3.63) is 76.7 Å². The number of para-hydroxylation sites is 1. The minimum atomic E-state index is -0.681. The van der Waals surface area contributed by atoms with Crippen LogP contribution >= 0.6 is 0 Å². The number of benzene rings is 2. The molecular weight excluding hydrogens is 376 g/mol. The summed E-state index contributed by atoms with van der Waals surface area (Å²) in [5.74, 6) is -1.55. The molecule has 1 amide bonds. The van der Waals surface area contributed by atoms with Crippen LogP contribution < -0.4 is 4.90 Å². The van der Waals surface area contributed by atoms with Gasteiger partial charge in [0.2, 0.25) is 0 Å². The van der Waals surface area contributed by atoms with Gasteiger partial charge in [0, 0.05) is 41.3 Å². The number of rotatable bonds is 4. The number of nitrogens with zero attached hydrogens (tertiary/aromatic N) is 2. The highest BCUT2D eigenvalue weighted by atomic mass is 16.3. The van der Waals surface area contributed by atoms with E-state index < -0.39 is 17.7 Å². The Balaban J connectivity index is 2.01. The van der Waals surface area contributed by atoms with E-state index in [2.05, 4.69) is 0 Å². The maximum atomic E-state index is 13.3. The monoisotopic (exact) mass is 402 g/mol. The Kier molecular flexibility index (Phi) is 4.77. The Morgan fingerprint density at radius 3 is 2.33 bits per heavy atom. The van der Waals surface area contributed by atoms with Crippen LogP contribution in [0.4, 0.5) is 5.69 Å². The van der Waals surface area contributed by atoms with E-state index in [1.807, 2.05) is 74.1 Å². The molecule has 2 aromatic carbocycles. The summed E-state index contributed by atoms with van der Waals surface area (Å²) < 4.78 is 1.99. The number of hydrogen-bond acceptors (Lipinski definition) is 3. The van der Waals surface area contributed by atoms with Crippen molar-refractivity contribution in [1.82, 2.24) is 4.57 Å². The summed E-state index contributed by atoms with van der Waals surface area (Å²) in [6, 6.07) is 13.1. The summed E-state index contributed by atoms with van der Waals surface area (Å²) in [6.45, 7) is 7.51. The number of carbonyl (C=O) groups excluding carboxylic acids is 2. The zero-order valence-corrected chi connectivity index (χ0v) is 17.9. The maximum absolute atomic E-state index is 13.3. The third kappa shape index (κ3) is 3.02. The van der Waals surface area contributed by atoms with Gasteiger partial charge in [0.15, 0.2) is 11.5 Å². The Morgan fingerprint density at radius 2 is 1.70 bits per heavy atom. The summed E-state index contributed by atoms with van der Waals surface area (Å²) >= 11 is 0. The molecule has 1 aliphatic rings. The van der Waals surface area contributed by atoms with Crippen molar-refractivity contribution in [3.63, 3.8) is 0 Å². The molecule has 154 valence electrons. The quantitative estimate of drug-likeness (QED) is 0.674. The summed E-state index contributed by atoms with van der Waals surface area (Å²) in [7, 11) is 1.94. The van der Waals surface area contributed by atoms with Crippen molar-refractivity contribution in [2.75, 3.05) is 4.90 Å². The van der Waals surface area contributed by atoms with Crippen molar-refractivity contribution in [2.45, 2.75) is 33.7 Å². The van der Waals surface area contributed by atoms with Crippen LogP contribution in [0.1, 0.15) is 36.6 Å². The van der Waals surface area contributed by atoms with Crippen molar-refractivity contribution < 1.29 is 14.7 Å². The van der Waals surface area contributed by atoms with Crippen LogP contribution in [0.25, 0.3) is 10.9 Å². The molecule has 1 N–H and O–H groups in total. The zero-order chi connectivity index (χ0) is 21.7. The predicted octanol–water partition coefficient (Wildman–Crippen LogP) is 4.92. The molecule has 1 unspecified atom stereocenters. The molecular formula is C25H26N2O3. The van der Waals surface area contributed by atoms with Crippen LogP contribution in [-0.4, -0.2) is 21.4 Å². The van der Waals surface area contributed by atoms with Gasteiger partial charge in [-0.25, -0.2) is 0 Å². The van der Waals surface area contributed by atoms with E-state index in [0.29, 0.717) is 5.69 Å². The normalized spacial score (nSPS) is 16.9. The molecule has 5 heteroatoms. The van der Waals surface area contributed by atoms with Gasteiger partial charge in [0.25, 0.3) is 5.91 Å². The molecule has 30 heavy (non-hydrogen) atoms. The Morgan fingerprint density at radius 1 is 1.07 bits per heavy atom. The molecule has 0 saturated heterocycles.